The Morgan fingerprint density at radius 3 is 2.36 bits per heavy atom. The standard InChI is InChI=1S/C18H21FN2O4/c1-25-18(24)12-6-8-20(9-7-12)17(23)13-10-16(22)21(11-13)15-4-2-14(19)3-5-15/h2-5,12-13H,6-11H2,1H3. The van der Waals surface area contributed by atoms with E-state index in [1.807, 2.05) is 0 Å². The van der Waals surface area contributed by atoms with Gasteiger partial charge >= 0.3 is 5.97 Å². The van der Waals surface area contributed by atoms with Gasteiger partial charge in [-0.05, 0) is 37.1 Å². The van der Waals surface area contributed by atoms with Crippen LogP contribution in [0.4, 0.5) is 10.1 Å². The normalized spacial score (nSPS) is 21.5. The Hall–Kier alpha value is -2.44. The topological polar surface area (TPSA) is 66.9 Å². The number of benzene rings is 1. The minimum atomic E-state index is -0.396. The van der Waals surface area contributed by atoms with E-state index in [1.165, 1.54) is 24.1 Å². The Morgan fingerprint density at radius 1 is 1.12 bits per heavy atom. The first kappa shape index (κ1) is 17.4. The Bertz CT molecular complexity index is 668. The van der Waals surface area contributed by atoms with Gasteiger partial charge in [0.1, 0.15) is 5.82 Å². The predicted molar refractivity (Wildman–Crippen MR) is 88.2 cm³/mol. The molecule has 0 aliphatic carbocycles. The molecule has 1 aromatic rings. The SMILES string of the molecule is COC(=O)C1CCN(C(=O)C2CC(=O)N(c3ccc(F)cc3)C2)CC1. The van der Waals surface area contributed by atoms with Crippen LogP contribution in [0.5, 0.6) is 0 Å². The predicted octanol–water partition coefficient (Wildman–Crippen LogP) is 1.59. The molecule has 25 heavy (non-hydrogen) atoms. The number of halogens is 1. The van der Waals surface area contributed by atoms with Crippen LogP contribution in [-0.4, -0.2) is 49.4 Å². The highest BCUT2D eigenvalue weighted by atomic mass is 19.1. The van der Waals surface area contributed by atoms with Gasteiger partial charge in [-0.15, -0.1) is 0 Å². The summed E-state index contributed by atoms with van der Waals surface area (Å²) in [6, 6.07) is 5.69. The molecule has 0 N–H and O–H groups in total. The fraction of sp³-hybridized carbons (Fsp3) is 0.500. The molecule has 2 aliphatic rings. The minimum Gasteiger partial charge on any atom is -0.469 e. The van der Waals surface area contributed by atoms with Gasteiger partial charge in [0.05, 0.1) is 18.9 Å². The van der Waals surface area contributed by atoms with Crippen molar-refractivity contribution >= 4 is 23.5 Å². The molecule has 2 aliphatic heterocycles. The van der Waals surface area contributed by atoms with Crippen LogP contribution in [0.15, 0.2) is 24.3 Å². The first-order valence-electron chi connectivity index (χ1n) is 8.42. The number of carbonyl (C=O) groups excluding carboxylic acids is 3. The number of esters is 1. The number of rotatable bonds is 3. The number of nitrogens with zero attached hydrogens (tertiary/aromatic N) is 2. The summed E-state index contributed by atoms with van der Waals surface area (Å²) in [4.78, 5) is 39.8. The first-order valence-corrected chi connectivity index (χ1v) is 8.42. The van der Waals surface area contributed by atoms with Crippen molar-refractivity contribution in [2.75, 3.05) is 31.6 Å². The van der Waals surface area contributed by atoms with Crippen LogP contribution in [0, 0.1) is 17.7 Å². The molecule has 0 spiro atoms. The average Bonchev–Trinajstić information content (AvgIpc) is 3.03. The number of hydrogen-bond acceptors (Lipinski definition) is 4. The lowest BCUT2D eigenvalue weighted by Gasteiger charge is -2.32. The second-order valence-corrected chi connectivity index (χ2v) is 6.50. The van der Waals surface area contributed by atoms with E-state index >= 15 is 0 Å². The van der Waals surface area contributed by atoms with Crippen LogP contribution >= 0.6 is 0 Å². The molecule has 6 nitrogen and oxygen atoms in total. The van der Waals surface area contributed by atoms with E-state index in [0.29, 0.717) is 38.2 Å². The molecular formula is C18H21FN2O4. The number of carbonyl (C=O) groups is 3. The third-order valence-electron chi connectivity index (χ3n) is 4.95. The summed E-state index contributed by atoms with van der Waals surface area (Å²) in [6.45, 7) is 1.31. The monoisotopic (exact) mass is 348 g/mol. The number of piperidine rings is 1. The summed E-state index contributed by atoms with van der Waals surface area (Å²) < 4.78 is 17.8. The Morgan fingerprint density at radius 2 is 1.76 bits per heavy atom. The summed E-state index contributed by atoms with van der Waals surface area (Å²) in [5, 5.41) is 0. The highest BCUT2D eigenvalue weighted by Gasteiger charge is 2.38. The quantitative estimate of drug-likeness (QED) is 0.778. The largest absolute Gasteiger partial charge is 0.469 e. The van der Waals surface area contributed by atoms with Gasteiger partial charge in [-0.3, -0.25) is 14.4 Å². The van der Waals surface area contributed by atoms with Crippen molar-refractivity contribution in [3.05, 3.63) is 30.1 Å². The zero-order valence-electron chi connectivity index (χ0n) is 14.1. The van der Waals surface area contributed by atoms with Gasteiger partial charge < -0.3 is 14.5 Å². The summed E-state index contributed by atoms with van der Waals surface area (Å²) >= 11 is 0. The van der Waals surface area contributed by atoms with Gasteiger partial charge in [-0.1, -0.05) is 0 Å². The highest BCUT2D eigenvalue weighted by molar-refractivity contribution is 6.00. The molecule has 7 heteroatoms. The minimum absolute atomic E-state index is 0.0544. The number of ether oxygens (including phenoxy) is 1. The summed E-state index contributed by atoms with van der Waals surface area (Å²) in [5.41, 5.74) is 0.603. The van der Waals surface area contributed by atoms with Crippen molar-refractivity contribution in [2.45, 2.75) is 19.3 Å². The maximum atomic E-state index is 13.0. The molecule has 3 rings (SSSR count). The molecule has 0 aromatic heterocycles. The number of anilines is 1. The summed E-state index contributed by atoms with van der Waals surface area (Å²) in [7, 11) is 1.37. The molecular weight excluding hydrogens is 327 g/mol. The molecule has 2 heterocycles. The molecule has 0 saturated carbocycles. The second-order valence-electron chi connectivity index (χ2n) is 6.50. The van der Waals surface area contributed by atoms with E-state index in [-0.39, 0.29) is 35.9 Å². The lowest BCUT2D eigenvalue weighted by molar-refractivity contribution is -0.149. The Balaban J connectivity index is 1.60. The highest BCUT2D eigenvalue weighted by Crippen LogP contribution is 2.28. The van der Waals surface area contributed by atoms with Crippen LogP contribution in [0.2, 0.25) is 0 Å². The Kier molecular flexibility index (Phi) is 5.01. The van der Waals surface area contributed by atoms with Crippen molar-refractivity contribution < 1.29 is 23.5 Å². The van der Waals surface area contributed by atoms with Crippen molar-refractivity contribution in [3.8, 4) is 0 Å². The van der Waals surface area contributed by atoms with Gasteiger partial charge in [0.25, 0.3) is 0 Å². The Labute approximate surface area is 145 Å². The fourth-order valence-electron chi connectivity index (χ4n) is 3.50. The molecule has 1 aromatic carbocycles. The lowest BCUT2D eigenvalue weighted by Crippen LogP contribution is -2.43. The number of methoxy groups -OCH3 is 1. The van der Waals surface area contributed by atoms with Crippen LogP contribution in [0.25, 0.3) is 0 Å². The maximum absolute atomic E-state index is 13.0. The summed E-state index contributed by atoms with van der Waals surface area (Å²) in [6.07, 6.45) is 1.33. The van der Waals surface area contributed by atoms with E-state index in [9.17, 15) is 18.8 Å². The molecule has 0 bridgehead atoms. The van der Waals surface area contributed by atoms with Gasteiger partial charge in [-0.2, -0.15) is 0 Å². The molecule has 2 amide bonds. The van der Waals surface area contributed by atoms with E-state index in [1.54, 1.807) is 17.0 Å². The third kappa shape index (κ3) is 3.65. The van der Waals surface area contributed by atoms with Crippen molar-refractivity contribution in [1.82, 2.24) is 4.90 Å². The van der Waals surface area contributed by atoms with Gasteiger partial charge in [0.15, 0.2) is 0 Å². The van der Waals surface area contributed by atoms with E-state index < -0.39 is 5.92 Å². The van der Waals surface area contributed by atoms with Crippen molar-refractivity contribution in [3.63, 3.8) is 0 Å². The van der Waals surface area contributed by atoms with Crippen LogP contribution in [0.1, 0.15) is 19.3 Å². The molecule has 1 atom stereocenters. The molecule has 2 saturated heterocycles. The molecule has 134 valence electrons. The number of likely N-dealkylation sites (tertiary alicyclic amines) is 1. The van der Waals surface area contributed by atoms with Crippen LogP contribution in [0.3, 0.4) is 0 Å². The van der Waals surface area contributed by atoms with Crippen LogP contribution in [-0.2, 0) is 19.1 Å². The smallest absolute Gasteiger partial charge is 0.308 e. The zero-order chi connectivity index (χ0) is 18.0. The van der Waals surface area contributed by atoms with E-state index in [2.05, 4.69) is 0 Å². The van der Waals surface area contributed by atoms with Crippen molar-refractivity contribution in [2.24, 2.45) is 11.8 Å². The maximum Gasteiger partial charge on any atom is 0.308 e. The van der Waals surface area contributed by atoms with Gasteiger partial charge in [0.2, 0.25) is 11.8 Å². The average molecular weight is 348 g/mol. The molecule has 2 fully saturated rings. The fourth-order valence-corrected chi connectivity index (χ4v) is 3.50. The first-order chi connectivity index (χ1) is 12.0. The number of amides is 2. The van der Waals surface area contributed by atoms with Crippen molar-refractivity contribution in [1.29, 1.82) is 0 Å². The summed E-state index contributed by atoms with van der Waals surface area (Å²) in [5.74, 6) is -1.33. The number of hydrogen-bond donors (Lipinski definition) is 0. The van der Waals surface area contributed by atoms with Gasteiger partial charge in [0, 0.05) is 31.7 Å². The third-order valence-corrected chi connectivity index (χ3v) is 4.95. The van der Waals surface area contributed by atoms with Crippen LogP contribution < -0.4 is 4.90 Å². The van der Waals surface area contributed by atoms with Gasteiger partial charge in [-0.25, -0.2) is 4.39 Å². The molecule has 0 radical (unpaired) electrons. The van der Waals surface area contributed by atoms with E-state index in [0.717, 1.165) is 0 Å². The zero-order valence-corrected chi connectivity index (χ0v) is 14.1. The van der Waals surface area contributed by atoms with E-state index in [4.69, 9.17) is 4.74 Å². The lowest BCUT2D eigenvalue weighted by atomic mass is 9.95. The second kappa shape index (κ2) is 7.21. The molecule has 1 unspecified atom stereocenters.